The second-order valence-electron chi connectivity index (χ2n) is 7.56. The number of aliphatic hydroxyl groups excluding tert-OH is 1. The molecule has 0 amide bonds. The van der Waals surface area contributed by atoms with Crippen LogP contribution in [0.5, 0.6) is 0 Å². The lowest BCUT2D eigenvalue weighted by Gasteiger charge is -2.38. The van der Waals surface area contributed by atoms with Crippen molar-refractivity contribution < 1.29 is 13.9 Å². The first-order chi connectivity index (χ1) is 13.4. The Morgan fingerprint density at radius 2 is 1.93 bits per heavy atom. The molecule has 1 N–H and O–H groups in total. The Morgan fingerprint density at radius 1 is 1.14 bits per heavy atom. The molecule has 0 saturated heterocycles. The first-order valence-corrected chi connectivity index (χ1v) is 9.14. The Kier molecular flexibility index (Phi) is 3.71. The number of aliphatic hydroxyl groups is 1. The topological polar surface area (TPSA) is 63.8 Å². The van der Waals surface area contributed by atoms with Crippen molar-refractivity contribution in [3.63, 3.8) is 0 Å². The van der Waals surface area contributed by atoms with E-state index in [9.17, 15) is 13.9 Å². The lowest BCUT2D eigenvalue weighted by molar-refractivity contribution is -0.142. The molecular formula is C21H18F2N4O. The zero-order chi connectivity index (χ0) is 19.5. The summed E-state index contributed by atoms with van der Waals surface area (Å²) in [6.45, 7) is 0. The smallest absolute Gasteiger partial charge is 0.248 e. The Hall–Kier alpha value is -2.93. The number of pyridine rings is 2. The van der Waals surface area contributed by atoms with E-state index in [1.807, 2.05) is 37.5 Å². The van der Waals surface area contributed by atoms with Crippen LogP contribution in [0.1, 0.15) is 24.5 Å². The van der Waals surface area contributed by atoms with E-state index in [1.54, 1.807) is 23.0 Å². The van der Waals surface area contributed by atoms with Gasteiger partial charge >= 0.3 is 0 Å². The van der Waals surface area contributed by atoms with Crippen LogP contribution in [0.2, 0.25) is 0 Å². The maximum absolute atomic E-state index is 13.1. The number of hydrogen-bond donors (Lipinski definition) is 1. The fraction of sp³-hybridized carbons (Fsp3) is 0.286. The molecule has 1 aliphatic carbocycles. The summed E-state index contributed by atoms with van der Waals surface area (Å²) in [6.07, 6.45) is 2.20. The summed E-state index contributed by atoms with van der Waals surface area (Å²) in [5.41, 5.74) is 3.64. The van der Waals surface area contributed by atoms with E-state index < -0.39 is 17.9 Å². The van der Waals surface area contributed by atoms with Crippen molar-refractivity contribution in [3.05, 3.63) is 54.4 Å². The molecule has 28 heavy (non-hydrogen) atoms. The minimum absolute atomic E-state index is 0.267. The molecule has 0 radical (unpaired) electrons. The Morgan fingerprint density at radius 3 is 2.71 bits per heavy atom. The molecule has 5 nitrogen and oxygen atoms in total. The minimum Gasteiger partial charge on any atom is -0.388 e. The lowest BCUT2D eigenvalue weighted by Crippen LogP contribution is -2.38. The monoisotopic (exact) mass is 380 g/mol. The number of benzene rings is 1. The van der Waals surface area contributed by atoms with Gasteiger partial charge in [0.05, 0.1) is 17.3 Å². The molecule has 0 unspecified atom stereocenters. The third-order valence-corrected chi connectivity index (χ3v) is 5.40. The third kappa shape index (κ3) is 2.92. The fourth-order valence-electron chi connectivity index (χ4n) is 3.85. The number of nitrogens with zero attached hydrogens (tertiary/aromatic N) is 4. The number of fused-ring (bicyclic) bond motifs is 2. The van der Waals surface area contributed by atoms with E-state index >= 15 is 0 Å². The molecule has 3 heterocycles. The second kappa shape index (κ2) is 6.04. The fourth-order valence-corrected chi connectivity index (χ4v) is 3.85. The molecule has 0 aliphatic heterocycles. The summed E-state index contributed by atoms with van der Waals surface area (Å²) < 4.78 is 28.0. The lowest BCUT2D eigenvalue weighted by atomic mass is 9.75. The number of alkyl halides is 2. The van der Waals surface area contributed by atoms with Crippen LogP contribution >= 0.6 is 0 Å². The van der Waals surface area contributed by atoms with Crippen LogP contribution < -0.4 is 0 Å². The minimum atomic E-state index is -2.65. The van der Waals surface area contributed by atoms with Crippen molar-refractivity contribution in [1.29, 1.82) is 0 Å². The van der Waals surface area contributed by atoms with Gasteiger partial charge in [0, 0.05) is 54.5 Å². The first-order valence-electron chi connectivity index (χ1n) is 9.14. The molecule has 7 heteroatoms. The van der Waals surface area contributed by atoms with Gasteiger partial charge in [0.2, 0.25) is 5.92 Å². The van der Waals surface area contributed by atoms with E-state index in [4.69, 9.17) is 4.98 Å². The highest BCUT2D eigenvalue weighted by atomic mass is 19.3. The zero-order valence-electron chi connectivity index (χ0n) is 15.2. The van der Waals surface area contributed by atoms with Crippen molar-refractivity contribution >= 4 is 21.9 Å². The van der Waals surface area contributed by atoms with E-state index in [2.05, 4.69) is 10.1 Å². The van der Waals surface area contributed by atoms with Crippen molar-refractivity contribution in [2.45, 2.75) is 24.9 Å². The summed E-state index contributed by atoms with van der Waals surface area (Å²) in [7, 11) is 1.85. The maximum atomic E-state index is 13.1. The molecule has 4 aromatic rings. The van der Waals surface area contributed by atoms with Crippen LogP contribution in [0.3, 0.4) is 0 Å². The van der Waals surface area contributed by atoms with Crippen LogP contribution in [-0.4, -0.2) is 30.8 Å². The highest BCUT2D eigenvalue weighted by Gasteiger charge is 2.48. The normalized spacial score (nSPS) is 17.7. The summed E-state index contributed by atoms with van der Waals surface area (Å²) in [5, 5.41) is 16.6. The Balaban J connectivity index is 1.50. The number of hydrogen-bond acceptors (Lipinski definition) is 4. The average Bonchev–Trinajstić information content (AvgIpc) is 3.03. The van der Waals surface area contributed by atoms with Gasteiger partial charge in [-0.25, -0.2) is 18.7 Å². The Labute approximate surface area is 159 Å². The summed E-state index contributed by atoms with van der Waals surface area (Å²) in [6, 6.07) is 11.3. The number of aromatic nitrogens is 4. The molecular weight excluding hydrogens is 362 g/mol. The largest absolute Gasteiger partial charge is 0.388 e. The maximum Gasteiger partial charge on any atom is 0.248 e. The molecule has 1 aromatic carbocycles. The Bertz CT molecular complexity index is 1200. The highest BCUT2D eigenvalue weighted by Crippen LogP contribution is 2.48. The van der Waals surface area contributed by atoms with Crippen molar-refractivity contribution in [2.24, 2.45) is 13.0 Å². The van der Waals surface area contributed by atoms with Gasteiger partial charge in [-0.2, -0.15) is 5.10 Å². The molecule has 142 valence electrons. The number of rotatable bonds is 3. The highest BCUT2D eigenvalue weighted by molar-refractivity contribution is 5.84. The van der Waals surface area contributed by atoms with E-state index in [-0.39, 0.29) is 12.8 Å². The number of aryl methyl sites for hydroxylation is 1. The van der Waals surface area contributed by atoms with Crippen molar-refractivity contribution in [2.75, 3.05) is 0 Å². The van der Waals surface area contributed by atoms with Gasteiger partial charge in [-0.1, -0.05) is 18.2 Å². The van der Waals surface area contributed by atoms with Gasteiger partial charge in [-0.15, -0.1) is 0 Å². The molecule has 5 rings (SSSR count). The number of halogens is 2. The quantitative estimate of drug-likeness (QED) is 0.577. The average molecular weight is 380 g/mol. The van der Waals surface area contributed by atoms with Gasteiger partial charge in [-0.3, -0.25) is 4.68 Å². The zero-order valence-corrected chi connectivity index (χ0v) is 15.2. The molecule has 1 atom stereocenters. The predicted octanol–water partition coefficient (Wildman–Crippen LogP) is 4.26. The molecule has 1 fully saturated rings. The van der Waals surface area contributed by atoms with Crippen molar-refractivity contribution in [1.82, 2.24) is 19.7 Å². The van der Waals surface area contributed by atoms with Crippen LogP contribution in [0.15, 0.2) is 48.8 Å². The van der Waals surface area contributed by atoms with E-state index in [1.165, 1.54) is 0 Å². The van der Waals surface area contributed by atoms with Crippen LogP contribution in [0.25, 0.3) is 33.2 Å². The SMILES string of the molecule is Cn1cc2cc(-c3ccc4ccc([C@@H](O)C5CC(F)(F)C5)cc4n3)cnc2n1. The summed E-state index contributed by atoms with van der Waals surface area (Å²) in [4.78, 5) is 9.08. The third-order valence-electron chi connectivity index (χ3n) is 5.40. The summed E-state index contributed by atoms with van der Waals surface area (Å²) >= 11 is 0. The van der Waals surface area contributed by atoms with Gasteiger partial charge in [0.25, 0.3) is 0 Å². The molecule has 1 saturated carbocycles. The van der Waals surface area contributed by atoms with Crippen LogP contribution in [-0.2, 0) is 7.05 Å². The van der Waals surface area contributed by atoms with Crippen LogP contribution in [0, 0.1) is 5.92 Å². The van der Waals surface area contributed by atoms with Gasteiger partial charge in [0.15, 0.2) is 5.65 Å². The summed E-state index contributed by atoms with van der Waals surface area (Å²) in [5.74, 6) is -3.06. The van der Waals surface area contributed by atoms with E-state index in [0.717, 1.165) is 22.0 Å². The van der Waals surface area contributed by atoms with Crippen molar-refractivity contribution in [3.8, 4) is 11.3 Å². The molecule has 1 aliphatic rings. The standard InChI is InChI=1S/C21H18F2N4O/c1-27-11-15-6-14(10-24-20(15)26-27)17-5-4-12-2-3-13(7-18(12)25-17)19(28)16-8-21(22,23)9-16/h2-7,10-11,16,19,28H,8-9H2,1H3/t19-/m1/s1. The van der Waals surface area contributed by atoms with Gasteiger partial charge < -0.3 is 5.11 Å². The van der Waals surface area contributed by atoms with Crippen LogP contribution in [0.4, 0.5) is 8.78 Å². The van der Waals surface area contributed by atoms with Gasteiger partial charge in [0.1, 0.15) is 0 Å². The van der Waals surface area contributed by atoms with E-state index in [0.29, 0.717) is 16.7 Å². The predicted molar refractivity (Wildman–Crippen MR) is 102 cm³/mol. The second-order valence-corrected chi connectivity index (χ2v) is 7.56. The molecule has 3 aromatic heterocycles. The molecule has 0 spiro atoms. The van der Waals surface area contributed by atoms with Gasteiger partial charge in [-0.05, 0) is 23.8 Å². The first kappa shape index (κ1) is 17.2. The molecule has 0 bridgehead atoms.